The Morgan fingerprint density at radius 3 is 2.56 bits per heavy atom. The van der Waals surface area contributed by atoms with Crippen molar-refractivity contribution in [3.8, 4) is 0 Å². The number of nitrogen functional groups attached to an aromatic ring is 1. The smallest absolute Gasteiger partial charge is 0.0613 e. The van der Waals surface area contributed by atoms with E-state index in [1.54, 1.807) is 17.8 Å². The molecule has 0 saturated carbocycles. The number of thioether (sulfide) groups is 1. The van der Waals surface area contributed by atoms with Crippen LogP contribution in [0.1, 0.15) is 11.1 Å². The Kier molecular flexibility index (Phi) is 4.44. The van der Waals surface area contributed by atoms with Crippen LogP contribution in [0.3, 0.4) is 0 Å². The van der Waals surface area contributed by atoms with Crippen LogP contribution in [0.25, 0.3) is 0 Å². The minimum absolute atomic E-state index is 0.495. The lowest BCUT2D eigenvalue weighted by atomic mass is 10.2. The zero-order valence-electron chi connectivity index (χ0n) is 9.91. The van der Waals surface area contributed by atoms with Crippen LogP contribution in [-0.2, 0) is 5.75 Å². The Labute approximate surface area is 121 Å². The number of nitrogens with two attached hydrogens (primary N) is 1. The predicted octanol–water partition coefficient (Wildman–Crippen LogP) is 5.18. The van der Waals surface area contributed by atoms with Gasteiger partial charge < -0.3 is 5.73 Å². The van der Waals surface area contributed by atoms with Crippen LogP contribution in [0.15, 0.2) is 41.3 Å². The molecule has 1 nitrogen and oxygen atoms in total. The molecular formula is C14H13Cl2NS. The summed E-state index contributed by atoms with van der Waals surface area (Å²) in [4.78, 5) is 0.964. The molecule has 94 valence electrons. The molecule has 0 bridgehead atoms. The summed E-state index contributed by atoms with van der Waals surface area (Å²) in [5, 5.41) is 1.03. The number of anilines is 1. The van der Waals surface area contributed by atoms with Crippen LogP contribution in [0.2, 0.25) is 10.0 Å². The molecule has 0 unspecified atom stereocenters. The van der Waals surface area contributed by atoms with Crippen LogP contribution >= 0.6 is 35.0 Å². The van der Waals surface area contributed by atoms with Gasteiger partial charge >= 0.3 is 0 Å². The van der Waals surface area contributed by atoms with E-state index in [2.05, 4.69) is 31.2 Å². The van der Waals surface area contributed by atoms with Gasteiger partial charge in [0.25, 0.3) is 0 Å². The fourth-order valence-corrected chi connectivity index (χ4v) is 2.96. The van der Waals surface area contributed by atoms with Crippen molar-refractivity contribution in [1.29, 1.82) is 0 Å². The number of aryl methyl sites for hydroxylation is 1. The number of hydrogen-bond donors (Lipinski definition) is 1. The maximum Gasteiger partial charge on any atom is 0.0613 e. The first-order valence-electron chi connectivity index (χ1n) is 5.49. The summed E-state index contributed by atoms with van der Waals surface area (Å²) >= 11 is 13.6. The van der Waals surface area contributed by atoms with Crippen molar-refractivity contribution in [3.05, 3.63) is 57.6 Å². The molecule has 0 heterocycles. The zero-order valence-corrected chi connectivity index (χ0v) is 12.2. The molecule has 0 amide bonds. The van der Waals surface area contributed by atoms with Crippen molar-refractivity contribution in [2.75, 3.05) is 5.73 Å². The zero-order chi connectivity index (χ0) is 13.1. The Balaban J connectivity index is 2.13. The summed E-state index contributed by atoms with van der Waals surface area (Å²) in [6.07, 6.45) is 0. The molecule has 0 aliphatic carbocycles. The third-order valence-electron chi connectivity index (χ3n) is 2.53. The van der Waals surface area contributed by atoms with Gasteiger partial charge in [0.15, 0.2) is 0 Å². The van der Waals surface area contributed by atoms with Gasteiger partial charge in [-0.2, -0.15) is 0 Å². The highest BCUT2D eigenvalue weighted by Gasteiger charge is 2.06. The van der Waals surface area contributed by atoms with Crippen LogP contribution in [0.5, 0.6) is 0 Å². The van der Waals surface area contributed by atoms with E-state index in [9.17, 15) is 0 Å². The number of rotatable bonds is 3. The number of halogens is 2. The summed E-state index contributed by atoms with van der Waals surface area (Å²) in [6, 6.07) is 11.9. The van der Waals surface area contributed by atoms with E-state index >= 15 is 0 Å². The Morgan fingerprint density at radius 1 is 1.11 bits per heavy atom. The first kappa shape index (κ1) is 13.6. The average Bonchev–Trinajstić information content (AvgIpc) is 2.32. The highest BCUT2D eigenvalue weighted by atomic mass is 35.5. The molecule has 18 heavy (non-hydrogen) atoms. The molecule has 0 aromatic heterocycles. The molecular weight excluding hydrogens is 285 g/mol. The van der Waals surface area contributed by atoms with E-state index in [0.29, 0.717) is 15.7 Å². The van der Waals surface area contributed by atoms with E-state index in [1.165, 1.54) is 11.1 Å². The van der Waals surface area contributed by atoms with Crippen LogP contribution in [0, 0.1) is 6.92 Å². The van der Waals surface area contributed by atoms with Crippen molar-refractivity contribution in [3.63, 3.8) is 0 Å². The van der Waals surface area contributed by atoms with Gasteiger partial charge in [-0.05, 0) is 24.6 Å². The largest absolute Gasteiger partial charge is 0.398 e. The quantitative estimate of drug-likeness (QED) is 0.624. The summed E-state index contributed by atoms with van der Waals surface area (Å²) in [5.41, 5.74) is 9.12. The van der Waals surface area contributed by atoms with Gasteiger partial charge in [0.2, 0.25) is 0 Å². The van der Waals surface area contributed by atoms with Crippen LogP contribution < -0.4 is 5.73 Å². The minimum Gasteiger partial charge on any atom is -0.398 e. The molecule has 0 saturated heterocycles. The normalized spacial score (nSPS) is 10.6. The van der Waals surface area contributed by atoms with Crippen molar-refractivity contribution < 1.29 is 0 Å². The molecule has 4 heteroatoms. The minimum atomic E-state index is 0.495. The molecule has 0 aliphatic heterocycles. The Bertz CT molecular complexity index is 570. The van der Waals surface area contributed by atoms with Crippen molar-refractivity contribution in [2.45, 2.75) is 17.6 Å². The van der Waals surface area contributed by atoms with E-state index in [0.717, 1.165) is 10.6 Å². The monoisotopic (exact) mass is 297 g/mol. The van der Waals surface area contributed by atoms with Crippen molar-refractivity contribution in [2.24, 2.45) is 0 Å². The third kappa shape index (κ3) is 3.35. The molecule has 0 spiro atoms. The molecule has 0 fully saturated rings. The lowest BCUT2D eigenvalue weighted by molar-refractivity contribution is 1.34. The molecule has 2 rings (SSSR count). The van der Waals surface area contributed by atoms with Crippen molar-refractivity contribution in [1.82, 2.24) is 0 Å². The van der Waals surface area contributed by atoms with Gasteiger partial charge in [-0.15, -0.1) is 11.8 Å². The fraction of sp³-hybridized carbons (Fsp3) is 0.143. The number of benzene rings is 2. The molecule has 0 atom stereocenters. The van der Waals surface area contributed by atoms with Crippen molar-refractivity contribution >= 4 is 40.7 Å². The summed E-state index contributed by atoms with van der Waals surface area (Å²) in [6.45, 7) is 2.09. The topological polar surface area (TPSA) is 26.0 Å². The lowest BCUT2D eigenvalue weighted by Gasteiger charge is -2.08. The van der Waals surface area contributed by atoms with Gasteiger partial charge in [-0.1, -0.05) is 53.0 Å². The Morgan fingerprint density at radius 2 is 1.83 bits per heavy atom. The summed E-state index contributed by atoms with van der Waals surface area (Å²) in [7, 11) is 0. The fourth-order valence-electron chi connectivity index (χ4n) is 1.63. The van der Waals surface area contributed by atoms with Gasteiger partial charge in [-0.3, -0.25) is 0 Å². The Hall–Kier alpha value is -0.830. The molecule has 0 radical (unpaired) electrons. The first-order valence-corrected chi connectivity index (χ1v) is 7.23. The van der Waals surface area contributed by atoms with Gasteiger partial charge in [-0.25, -0.2) is 0 Å². The number of hydrogen-bond acceptors (Lipinski definition) is 2. The van der Waals surface area contributed by atoms with Gasteiger partial charge in [0, 0.05) is 16.3 Å². The highest BCUT2D eigenvalue weighted by Crippen LogP contribution is 2.34. The van der Waals surface area contributed by atoms with E-state index in [-0.39, 0.29) is 0 Å². The highest BCUT2D eigenvalue weighted by molar-refractivity contribution is 7.98. The summed E-state index contributed by atoms with van der Waals surface area (Å²) < 4.78 is 0. The summed E-state index contributed by atoms with van der Waals surface area (Å²) in [5.74, 6) is 0.865. The predicted molar refractivity (Wildman–Crippen MR) is 81.6 cm³/mol. The van der Waals surface area contributed by atoms with E-state index in [4.69, 9.17) is 28.9 Å². The molecule has 0 aliphatic rings. The van der Waals surface area contributed by atoms with Crippen LogP contribution in [-0.4, -0.2) is 0 Å². The molecule has 2 N–H and O–H groups in total. The average molecular weight is 298 g/mol. The van der Waals surface area contributed by atoms with Gasteiger partial charge in [0.1, 0.15) is 0 Å². The lowest BCUT2D eigenvalue weighted by Crippen LogP contribution is -1.90. The first-order chi connectivity index (χ1) is 8.56. The second-order valence-corrected chi connectivity index (χ2v) is 5.91. The standard InChI is InChI=1S/C14H13Cl2NS/c1-9-3-2-4-10(5-9)8-18-14-7-12(16)11(15)6-13(14)17/h2-7H,8,17H2,1H3. The van der Waals surface area contributed by atoms with E-state index in [1.807, 2.05) is 6.07 Å². The molecule has 2 aromatic rings. The second kappa shape index (κ2) is 5.87. The van der Waals surface area contributed by atoms with Crippen LogP contribution in [0.4, 0.5) is 5.69 Å². The maximum atomic E-state index is 5.99. The molecule has 2 aromatic carbocycles. The SMILES string of the molecule is Cc1cccc(CSc2cc(Cl)c(Cl)cc2N)c1. The second-order valence-electron chi connectivity index (χ2n) is 4.08. The van der Waals surface area contributed by atoms with Gasteiger partial charge in [0.05, 0.1) is 10.0 Å². The third-order valence-corrected chi connectivity index (χ3v) is 4.39. The van der Waals surface area contributed by atoms with E-state index < -0.39 is 0 Å². The maximum absolute atomic E-state index is 5.99.